The second-order valence-electron chi connectivity index (χ2n) is 5.31. The summed E-state index contributed by atoms with van der Waals surface area (Å²) in [6, 6.07) is 8.65. The third-order valence-corrected chi connectivity index (χ3v) is 4.24. The van der Waals surface area contributed by atoms with Crippen molar-refractivity contribution in [2.24, 2.45) is 11.3 Å². The summed E-state index contributed by atoms with van der Waals surface area (Å²) in [6.07, 6.45) is 0.964. The number of rotatable bonds is 0. The summed E-state index contributed by atoms with van der Waals surface area (Å²) in [4.78, 5) is 0. The third kappa shape index (κ3) is 0.795. The molecule has 0 amide bonds. The Morgan fingerprint density at radius 2 is 2.00 bits per heavy atom. The van der Waals surface area contributed by atoms with E-state index in [2.05, 4.69) is 38.1 Å². The monoisotopic (exact) mass is 188 g/mol. The smallest absolute Gasteiger partial charge is 0.0634 e. The molecular formula is C13H16O. The van der Waals surface area contributed by atoms with Gasteiger partial charge in [-0.3, -0.25) is 0 Å². The fourth-order valence-electron chi connectivity index (χ4n) is 3.49. The van der Waals surface area contributed by atoms with Gasteiger partial charge in [0.15, 0.2) is 0 Å². The van der Waals surface area contributed by atoms with Gasteiger partial charge in [-0.25, -0.2) is 0 Å². The lowest BCUT2D eigenvalue weighted by Gasteiger charge is -2.53. The van der Waals surface area contributed by atoms with E-state index in [-0.39, 0.29) is 11.5 Å². The Balaban J connectivity index is 2.08. The Bertz CT molecular complexity index is 381. The molecule has 3 unspecified atom stereocenters. The quantitative estimate of drug-likeness (QED) is 0.662. The highest BCUT2D eigenvalue weighted by Crippen LogP contribution is 2.61. The number of hydrogen-bond donors (Lipinski definition) is 1. The van der Waals surface area contributed by atoms with Crippen molar-refractivity contribution in [2.45, 2.75) is 32.3 Å². The lowest BCUT2D eigenvalue weighted by molar-refractivity contribution is -0.115. The molecule has 3 rings (SSSR count). The Morgan fingerprint density at radius 3 is 2.79 bits per heavy atom. The van der Waals surface area contributed by atoms with Gasteiger partial charge in [0.05, 0.1) is 6.10 Å². The molecule has 1 saturated carbocycles. The van der Waals surface area contributed by atoms with E-state index in [1.807, 2.05) is 0 Å². The Kier molecular flexibility index (Phi) is 1.46. The van der Waals surface area contributed by atoms with Crippen LogP contribution in [0.5, 0.6) is 0 Å². The molecule has 0 aliphatic heterocycles. The zero-order chi connectivity index (χ0) is 9.92. The van der Waals surface area contributed by atoms with Gasteiger partial charge in [0.2, 0.25) is 0 Å². The highest BCUT2D eigenvalue weighted by molar-refractivity contribution is 5.42. The van der Waals surface area contributed by atoms with Crippen LogP contribution in [0.3, 0.4) is 0 Å². The van der Waals surface area contributed by atoms with Crippen molar-refractivity contribution in [3.8, 4) is 0 Å². The van der Waals surface area contributed by atoms with Crippen molar-refractivity contribution < 1.29 is 5.11 Å². The molecular weight excluding hydrogens is 172 g/mol. The van der Waals surface area contributed by atoms with E-state index in [1.54, 1.807) is 0 Å². The normalized spacial score (nSPS) is 37.2. The summed E-state index contributed by atoms with van der Waals surface area (Å²) in [5.74, 6) is 1.08. The predicted molar refractivity (Wildman–Crippen MR) is 56.2 cm³/mol. The van der Waals surface area contributed by atoms with Crippen molar-refractivity contribution in [1.29, 1.82) is 0 Å². The molecule has 74 valence electrons. The minimum Gasteiger partial charge on any atom is -0.392 e. The third-order valence-electron chi connectivity index (χ3n) is 4.24. The van der Waals surface area contributed by atoms with Gasteiger partial charge in [0.1, 0.15) is 0 Å². The molecule has 0 saturated heterocycles. The zero-order valence-electron chi connectivity index (χ0n) is 8.70. The van der Waals surface area contributed by atoms with Gasteiger partial charge in [-0.1, -0.05) is 38.1 Å². The molecule has 2 aliphatic carbocycles. The molecule has 0 heterocycles. The van der Waals surface area contributed by atoms with Crippen LogP contribution in [0.1, 0.15) is 30.9 Å². The lowest BCUT2D eigenvalue weighted by Crippen LogP contribution is -2.54. The summed E-state index contributed by atoms with van der Waals surface area (Å²) < 4.78 is 0. The number of fused-ring (bicyclic) bond motifs is 3. The highest BCUT2D eigenvalue weighted by Gasteiger charge is 2.59. The number of aliphatic hydroxyl groups excluding tert-OH is 1. The number of aliphatic hydroxyl groups is 1. The second kappa shape index (κ2) is 2.40. The molecule has 3 atom stereocenters. The summed E-state index contributed by atoms with van der Waals surface area (Å²) >= 11 is 0. The molecule has 0 aromatic heterocycles. The molecule has 0 spiro atoms. The molecule has 1 heteroatoms. The van der Waals surface area contributed by atoms with E-state index in [0.717, 1.165) is 6.42 Å². The maximum Gasteiger partial charge on any atom is 0.0634 e. The maximum atomic E-state index is 10.0. The van der Waals surface area contributed by atoms with E-state index in [1.165, 1.54) is 11.1 Å². The second-order valence-corrected chi connectivity index (χ2v) is 5.31. The van der Waals surface area contributed by atoms with E-state index < -0.39 is 0 Å². The average molecular weight is 188 g/mol. The van der Waals surface area contributed by atoms with Gasteiger partial charge in [-0.05, 0) is 34.8 Å². The minimum absolute atomic E-state index is 0.0806. The molecule has 0 bridgehead atoms. The maximum absolute atomic E-state index is 10.0. The SMILES string of the molecule is CC1(C)C(O)C2Cc3ccccc3C21. The molecule has 1 aromatic rings. The topological polar surface area (TPSA) is 20.2 Å². The molecule has 0 radical (unpaired) electrons. The summed E-state index contributed by atoms with van der Waals surface area (Å²) in [6.45, 7) is 4.36. The summed E-state index contributed by atoms with van der Waals surface area (Å²) in [7, 11) is 0. The van der Waals surface area contributed by atoms with Gasteiger partial charge >= 0.3 is 0 Å². The largest absolute Gasteiger partial charge is 0.392 e. The Labute approximate surface area is 84.8 Å². The molecule has 1 nitrogen and oxygen atoms in total. The van der Waals surface area contributed by atoms with Gasteiger partial charge < -0.3 is 5.11 Å². The lowest BCUT2D eigenvalue weighted by atomic mass is 9.53. The first-order valence-corrected chi connectivity index (χ1v) is 5.38. The van der Waals surface area contributed by atoms with Crippen LogP contribution in [-0.2, 0) is 6.42 Å². The van der Waals surface area contributed by atoms with Gasteiger partial charge in [0.25, 0.3) is 0 Å². The predicted octanol–water partition coefficient (Wildman–Crippen LogP) is 2.34. The van der Waals surface area contributed by atoms with Gasteiger partial charge in [0, 0.05) is 0 Å². The first-order valence-electron chi connectivity index (χ1n) is 5.38. The molecule has 2 aliphatic rings. The van der Waals surface area contributed by atoms with Crippen LogP contribution >= 0.6 is 0 Å². The Hall–Kier alpha value is -0.820. The van der Waals surface area contributed by atoms with Crippen LogP contribution in [0.4, 0.5) is 0 Å². The molecule has 1 fully saturated rings. The van der Waals surface area contributed by atoms with Crippen LogP contribution in [0.25, 0.3) is 0 Å². The fourth-order valence-corrected chi connectivity index (χ4v) is 3.49. The minimum atomic E-state index is -0.111. The highest BCUT2D eigenvalue weighted by atomic mass is 16.3. The van der Waals surface area contributed by atoms with Crippen molar-refractivity contribution in [3.63, 3.8) is 0 Å². The van der Waals surface area contributed by atoms with Crippen molar-refractivity contribution in [3.05, 3.63) is 35.4 Å². The van der Waals surface area contributed by atoms with E-state index >= 15 is 0 Å². The van der Waals surface area contributed by atoms with Crippen molar-refractivity contribution >= 4 is 0 Å². The van der Waals surface area contributed by atoms with Gasteiger partial charge in [-0.2, -0.15) is 0 Å². The van der Waals surface area contributed by atoms with E-state index in [0.29, 0.717) is 11.8 Å². The first-order chi connectivity index (χ1) is 6.62. The summed E-state index contributed by atoms with van der Waals surface area (Å²) in [5.41, 5.74) is 3.01. The van der Waals surface area contributed by atoms with E-state index in [9.17, 15) is 5.11 Å². The van der Waals surface area contributed by atoms with Gasteiger partial charge in [-0.15, -0.1) is 0 Å². The molecule has 1 N–H and O–H groups in total. The van der Waals surface area contributed by atoms with Crippen molar-refractivity contribution in [2.75, 3.05) is 0 Å². The number of benzene rings is 1. The van der Waals surface area contributed by atoms with Crippen LogP contribution in [0, 0.1) is 11.3 Å². The fraction of sp³-hybridized carbons (Fsp3) is 0.538. The first kappa shape index (κ1) is 8.49. The standard InChI is InChI=1S/C13H16O/c1-13(2)11-9-6-4-3-5-8(9)7-10(11)12(13)14/h3-6,10-12,14H,7H2,1-2H3. The molecule has 14 heavy (non-hydrogen) atoms. The van der Waals surface area contributed by atoms with Crippen LogP contribution in [0.2, 0.25) is 0 Å². The van der Waals surface area contributed by atoms with Crippen LogP contribution in [-0.4, -0.2) is 11.2 Å². The average Bonchev–Trinajstić information content (AvgIpc) is 2.54. The van der Waals surface area contributed by atoms with Crippen LogP contribution in [0.15, 0.2) is 24.3 Å². The Morgan fingerprint density at radius 1 is 1.29 bits per heavy atom. The zero-order valence-corrected chi connectivity index (χ0v) is 8.70. The summed E-state index contributed by atoms with van der Waals surface area (Å²) in [5, 5.41) is 10.0. The van der Waals surface area contributed by atoms with Crippen LogP contribution < -0.4 is 0 Å². The number of hydrogen-bond acceptors (Lipinski definition) is 1. The van der Waals surface area contributed by atoms with Crippen molar-refractivity contribution in [1.82, 2.24) is 0 Å². The molecule has 1 aromatic carbocycles. The van der Waals surface area contributed by atoms with E-state index in [4.69, 9.17) is 0 Å².